The van der Waals surface area contributed by atoms with Crippen molar-refractivity contribution in [1.29, 1.82) is 0 Å². The number of nitrogens with zero attached hydrogens (tertiary/aromatic N) is 1. The lowest BCUT2D eigenvalue weighted by Gasteiger charge is -2.09. The Morgan fingerprint density at radius 2 is 1.38 bits per heavy atom. The smallest absolute Gasteiger partial charge is 0.323 e. The number of anilines is 3. The molecule has 4 N–H and O–H groups in total. The summed E-state index contributed by atoms with van der Waals surface area (Å²) >= 11 is 0. The largest absolute Gasteiger partial charge is 0.497 e. The fourth-order valence-electron chi connectivity index (χ4n) is 2.16. The first-order valence-electron chi connectivity index (χ1n) is 7.84. The molecule has 0 aliphatic rings. The summed E-state index contributed by atoms with van der Waals surface area (Å²) in [5.74, 6) is 2.36. The predicted octanol–water partition coefficient (Wildman–Crippen LogP) is 4.11. The topological polar surface area (TPSA) is 98.5 Å². The lowest BCUT2D eigenvalue weighted by molar-refractivity contribution is 0.262. The van der Waals surface area contributed by atoms with Gasteiger partial charge in [0.15, 0.2) is 0 Å². The molecule has 2 aromatic carbocycles. The van der Waals surface area contributed by atoms with Gasteiger partial charge in [0, 0.05) is 11.4 Å². The zero-order valence-electron chi connectivity index (χ0n) is 14.1. The summed E-state index contributed by atoms with van der Waals surface area (Å²) in [5, 5.41) is 5.50. The first kappa shape index (κ1) is 17.1. The van der Waals surface area contributed by atoms with E-state index in [2.05, 4.69) is 15.6 Å². The molecule has 0 bridgehead atoms. The number of hydrogen-bond donors (Lipinski definition) is 3. The molecule has 0 atom stereocenters. The van der Waals surface area contributed by atoms with Crippen molar-refractivity contribution >= 4 is 23.2 Å². The Morgan fingerprint density at radius 1 is 0.846 bits per heavy atom. The number of carbonyl (C=O) groups excluding carboxylic acids is 1. The van der Waals surface area contributed by atoms with Crippen LogP contribution in [0.4, 0.5) is 22.0 Å². The number of methoxy groups -OCH3 is 1. The maximum absolute atomic E-state index is 12.0. The van der Waals surface area contributed by atoms with E-state index in [1.807, 2.05) is 0 Å². The fourth-order valence-corrected chi connectivity index (χ4v) is 2.16. The first-order valence-corrected chi connectivity index (χ1v) is 7.84. The summed E-state index contributed by atoms with van der Waals surface area (Å²) in [6.07, 6.45) is 1.55. The summed E-state index contributed by atoms with van der Waals surface area (Å²) in [6.45, 7) is 0. The standard InChI is InChI=1S/C19H18N4O3/c1-25-15-6-2-13(3-7-15)22-19(24)23-14-4-8-16(9-5-14)26-17-10-11-18(20)21-12-17/h2-12H,1H3,(H2,20,21)(H2,22,23,24). The number of rotatable bonds is 5. The molecule has 1 aromatic heterocycles. The molecule has 0 radical (unpaired) electrons. The molecule has 0 aliphatic heterocycles. The highest BCUT2D eigenvalue weighted by molar-refractivity contribution is 5.99. The van der Waals surface area contributed by atoms with Gasteiger partial charge in [-0.3, -0.25) is 0 Å². The number of pyridine rings is 1. The third-order valence-electron chi connectivity index (χ3n) is 3.45. The van der Waals surface area contributed by atoms with Crippen molar-refractivity contribution in [3.63, 3.8) is 0 Å². The van der Waals surface area contributed by atoms with Crippen molar-refractivity contribution in [2.24, 2.45) is 0 Å². The molecule has 26 heavy (non-hydrogen) atoms. The van der Waals surface area contributed by atoms with E-state index in [1.165, 1.54) is 0 Å². The Hall–Kier alpha value is -3.74. The van der Waals surface area contributed by atoms with E-state index in [0.717, 1.165) is 5.75 Å². The highest BCUT2D eigenvalue weighted by Gasteiger charge is 2.04. The summed E-state index contributed by atoms with van der Waals surface area (Å²) < 4.78 is 10.7. The Kier molecular flexibility index (Phi) is 5.19. The lowest BCUT2D eigenvalue weighted by atomic mass is 10.3. The Balaban J connectivity index is 1.56. The van der Waals surface area contributed by atoms with Crippen LogP contribution in [0, 0.1) is 0 Å². The van der Waals surface area contributed by atoms with Crippen LogP contribution in [0.25, 0.3) is 0 Å². The van der Waals surface area contributed by atoms with Gasteiger partial charge in [0.1, 0.15) is 23.1 Å². The molecule has 0 spiro atoms. The molecule has 0 saturated heterocycles. The van der Waals surface area contributed by atoms with Crippen LogP contribution in [0.2, 0.25) is 0 Å². The molecule has 7 heteroatoms. The molecule has 0 unspecified atom stereocenters. The van der Waals surface area contributed by atoms with Crippen LogP contribution in [-0.2, 0) is 0 Å². The summed E-state index contributed by atoms with van der Waals surface area (Å²) in [6, 6.07) is 17.1. The van der Waals surface area contributed by atoms with Crippen LogP contribution < -0.4 is 25.8 Å². The first-order chi connectivity index (χ1) is 12.6. The number of hydrogen-bond acceptors (Lipinski definition) is 5. The minimum Gasteiger partial charge on any atom is -0.497 e. The second-order valence-electron chi connectivity index (χ2n) is 5.35. The van der Waals surface area contributed by atoms with Crippen LogP contribution in [0.1, 0.15) is 0 Å². The Morgan fingerprint density at radius 3 is 1.88 bits per heavy atom. The minimum absolute atomic E-state index is 0.341. The van der Waals surface area contributed by atoms with Crippen molar-refractivity contribution in [2.45, 2.75) is 0 Å². The molecule has 0 saturated carbocycles. The van der Waals surface area contributed by atoms with Gasteiger partial charge in [0.2, 0.25) is 0 Å². The van der Waals surface area contributed by atoms with Crippen LogP contribution >= 0.6 is 0 Å². The Bertz CT molecular complexity index is 863. The molecule has 3 rings (SSSR count). The number of nitrogens with one attached hydrogen (secondary N) is 2. The zero-order valence-corrected chi connectivity index (χ0v) is 14.1. The number of aromatic nitrogens is 1. The van der Waals surface area contributed by atoms with Crippen LogP contribution in [-0.4, -0.2) is 18.1 Å². The quantitative estimate of drug-likeness (QED) is 0.643. The molecule has 7 nitrogen and oxygen atoms in total. The van der Waals surface area contributed by atoms with Crippen molar-refractivity contribution in [2.75, 3.05) is 23.5 Å². The zero-order chi connectivity index (χ0) is 18.4. The highest BCUT2D eigenvalue weighted by atomic mass is 16.5. The molecule has 2 amide bonds. The predicted molar refractivity (Wildman–Crippen MR) is 101 cm³/mol. The number of carbonyl (C=O) groups is 1. The second kappa shape index (κ2) is 7.89. The number of benzene rings is 2. The maximum Gasteiger partial charge on any atom is 0.323 e. The number of ether oxygens (including phenoxy) is 2. The van der Waals surface area contributed by atoms with E-state index in [4.69, 9.17) is 15.2 Å². The molecular formula is C19H18N4O3. The van der Waals surface area contributed by atoms with Crippen LogP contribution in [0.15, 0.2) is 66.9 Å². The Labute approximate surface area is 150 Å². The van der Waals surface area contributed by atoms with Gasteiger partial charge in [0.25, 0.3) is 0 Å². The summed E-state index contributed by atoms with van der Waals surface area (Å²) in [5.41, 5.74) is 6.84. The van der Waals surface area contributed by atoms with E-state index in [-0.39, 0.29) is 6.03 Å². The van der Waals surface area contributed by atoms with Crippen molar-refractivity contribution in [3.05, 3.63) is 66.9 Å². The van der Waals surface area contributed by atoms with E-state index >= 15 is 0 Å². The molecular weight excluding hydrogens is 332 g/mol. The maximum atomic E-state index is 12.0. The molecule has 3 aromatic rings. The van der Waals surface area contributed by atoms with E-state index < -0.39 is 0 Å². The van der Waals surface area contributed by atoms with Crippen molar-refractivity contribution in [1.82, 2.24) is 4.98 Å². The fraction of sp³-hybridized carbons (Fsp3) is 0.0526. The van der Waals surface area contributed by atoms with Crippen molar-refractivity contribution < 1.29 is 14.3 Å². The molecule has 0 aliphatic carbocycles. The van der Waals surface area contributed by atoms with E-state index in [0.29, 0.717) is 28.7 Å². The van der Waals surface area contributed by atoms with Gasteiger partial charge < -0.3 is 25.8 Å². The average molecular weight is 350 g/mol. The lowest BCUT2D eigenvalue weighted by Crippen LogP contribution is -2.19. The average Bonchev–Trinajstić information content (AvgIpc) is 2.66. The monoisotopic (exact) mass is 350 g/mol. The highest BCUT2D eigenvalue weighted by Crippen LogP contribution is 2.23. The van der Waals surface area contributed by atoms with Gasteiger partial charge in [-0.25, -0.2) is 9.78 Å². The summed E-state index contributed by atoms with van der Waals surface area (Å²) in [7, 11) is 1.59. The number of nitrogens with two attached hydrogens (primary N) is 1. The number of amides is 2. The van der Waals surface area contributed by atoms with E-state index in [9.17, 15) is 4.79 Å². The second-order valence-corrected chi connectivity index (χ2v) is 5.35. The SMILES string of the molecule is COc1ccc(NC(=O)Nc2ccc(Oc3ccc(N)nc3)cc2)cc1. The van der Waals surface area contributed by atoms with Gasteiger partial charge in [-0.15, -0.1) is 0 Å². The minimum atomic E-state index is -0.341. The van der Waals surface area contributed by atoms with Gasteiger partial charge >= 0.3 is 6.03 Å². The van der Waals surface area contributed by atoms with Gasteiger partial charge in [-0.1, -0.05) is 0 Å². The van der Waals surface area contributed by atoms with Gasteiger partial charge in [-0.05, 0) is 60.7 Å². The van der Waals surface area contributed by atoms with Crippen LogP contribution in [0.5, 0.6) is 17.2 Å². The van der Waals surface area contributed by atoms with E-state index in [1.54, 1.807) is 74.0 Å². The molecule has 1 heterocycles. The van der Waals surface area contributed by atoms with Crippen molar-refractivity contribution in [3.8, 4) is 17.2 Å². The summed E-state index contributed by atoms with van der Waals surface area (Å²) in [4.78, 5) is 16.0. The number of nitrogen functional groups attached to an aromatic ring is 1. The number of urea groups is 1. The molecule has 132 valence electrons. The molecule has 0 fully saturated rings. The van der Waals surface area contributed by atoms with Gasteiger partial charge in [0.05, 0.1) is 13.3 Å². The third-order valence-corrected chi connectivity index (χ3v) is 3.45. The third kappa shape index (κ3) is 4.64. The van der Waals surface area contributed by atoms with Gasteiger partial charge in [-0.2, -0.15) is 0 Å². The normalized spacial score (nSPS) is 10.0. The van der Waals surface area contributed by atoms with Crippen LogP contribution in [0.3, 0.4) is 0 Å².